The lowest BCUT2D eigenvalue weighted by Gasteiger charge is -2.11. The zero-order valence-electron chi connectivity index (χ0n) is 9.30. The molecule has 1 aromatic heterocycles. The molecule has 0 radical (unpaired) electrons. The summed E-state index contributed by atoms with van der Waals surface area (Å²) in [7, 11) is 0. The van der Waals surface area contributed by atoms with Crippen LogP contribution < -0.4 is 5.73 Å². The first kappa shape index (κ1) is 12.0. The first-order chi connectivity index (χ1) is 8.16. The molecule has 0 amide bonds. The van der Waals surface area contributed by atoms with E-state index in [1.807, 2.05) is 6.92 Å². The molecule has 0 fully saturated rings. The van der Waals surface area contributed by atoms with Gasteiger partial charge in [-0.15, -0.1) is 0 Å². The molecule has 88 valence electrons. The molecule has 0 unspecified atom stereocenters. The van der Waals surface area contributed by atoms with E-state index >= 15 is 0 Å². The minimum absolute atomic E-state index is 0.213. The highest BCUT2D eigenvalue weighted by molar-refractivity contribution is 7.99. The van der Waals surface area contributed by atoms with E-state index in [2.05, 4.69) is 9.97 Å². The van der Waals surface area contributed by atoms with Crippen LogP contribution in [0.3, 0.4) is 0 Å². The molecule has 3 nitrogen and oxygen atoms in total. The summed E-state index contributed by atoms with van der Waals surface area (Å²) in [6.45, 7) is 1.83. The van der Waals surface area contributed by atoms with Gasteiger partial charge in [0, 0.05) is 17.1 Å². The average molecular weight is 249 g/mol. The summed E-state index contributed by atoms with van der Waals surface area (Å²) in [5, 5.41) is 0.813. The van der Waals surface area contributed by atoms with E-state index in [-0.39, 0.29) is 11.9 Å². The molecule has 0 aliphatic carbocycles. The highest BCUT2D eigenvalue weighted by atomic mass is 32.2. The van der Waals surface area contributed by atoms with E-state index in [1.54, 1.807) is 18.3 Å². The Morgan fingerprint density at radius 3 is 2.82 bits per heavy atom. The van der Waals surface area contributed by atoms with Crippen LogP contribution in [0.25, 0.3) is 0 Å². The van der Waals surface area contributed by atoms with Crippen LogP contribution in [0.2, 0.25) is 0 Å². The molecule has 0 aliphatic rings. The fraction of sp³-hybridized carbons (Fsp3) is 0.167. The predicted octanol–water partition coefficient (Wildman–Crippen LogP) is 2.79. The maximum absolute atomic E-state index is 13.2. The van der Waals surface area contributed by atoms with E-state index in [0.717, 1.165) is 15.5 Å². The van der Waals surface area contributed by atoms with Gasteiger partial charge in [-0.25, -0.2) is 14.4 Å². The molecule has 2 N–H and O–H groups in total. The lowest BCUT2D eigenvalue weighted by Crippen LogP contribution is -2.06. The lowest BCUT2D eigenvalue weighted by atomic mass is 10.1. The van der Waals surface area contributed by atoms with Crippen LogP contribution in [0, 0.1) is 5.82 Å². The minimum atomic E-state index is -0.274. The molecule has 0 saturated heterocycles. The van der Waals surface area contributed by atoms with Crippen molar-refractivity contribution in [3.8, 4) is 0 Å². The molecular formula is C12H12FN3S. The number of nitrogens with zero attached hydrogens (tertiary/aromatic N) is 2. The average Bonchev–Trinajstić information content (AvgIpc) is 2.32. The van der Waals surface area contributed by atoms with Gasteiger partial charge in [-0.2, -0.15) is 0 Å². The number of rotatable bonds is 3. The van der Waals surface area contributed by atoms with Crippen LogP contribution in [-0.4, -0.2) is 9.97 Å². The van der Waals surface area contributed by atoms with Crippen molar-refractivity contribution in [1.82, 2.24) is 9.97 Å². The summed E-state index contributed by atoms with van der Waals surface area (Å²) < 4.78 is 13.2. The first-order valence-electron chi connectivity index (χ1n) is 5.15. The van der Waals surface area contributed by atoms with E-state index in [4.69, 9.17) is 5.73 Å². The molecule has 0 saturated carbocycles. The van der Waals surface area contributed by atoms with Crippen molar-refractivity contribution in [3.05, 3.63) is 48.2 Å². The maximum Gasteiger partial charge on any atom is 0.123 e. The Hall–Kier alpha value is -1.46. The van der Waals surface area contributed by atoms with Crippen LogP contribution >= 0.6 is 11.8 Å². The second-order valence-electron chi connectivity index (χ2n) is 3.62. The van der Waals surface area contributed by atoms with E-state index in [9.17, 15) is 4.39 Å². The Morgan fingerprint density at radius 1 is 1.35 bits per heavy atom. The first-order valence-corrected chi connectivity index (χ1v) is 5.97. The van der Waals surface area contributed by atoms with E-state index < -0.39 is 0 Å². The SMILES string of the molecule is C[C@@H](N)c1cc(F)ccc1Sc1ccncn1. The zero-order valence-corrected chi connectivity index (χ0v) is 10.1. The third-order valence-electron chi connectivity index (χ3n) is 2.23. The molecule has 0 spiro atoms. The Morgan fingerprint density at radius 2 is 2.18 bits per heavy atom. The third-order valence-corrected chi connectivity index (χ3v) is 3.27. The molecule has 2 rings (SSSR count). The monoisotopic (exact) mass is 249 g/mol. The summed E-state index contributed by atoms with van der Waals surface area (Å²) in [5.74, 6) is -0.274. The number of hydrogen-bond donors (Lipinski definition) is 1. The highest BCUT2D eigenvalue weighted by Gasteiger charge is 2.10. The zero-order chi connectivity index (χ0) is 12.3. The summed E-state index contributed by atoms with van der Waals surface area (Å²) in [4.78, 5) is 8.88. The van der Waals surface area contributed by atoms with Gasteiger partial charge in [0.2, 0.25) is 0 Å². The fourth-order valence-electron chi connectivity index (χ4n) is 1.42. The molecular weight excluding hydrogens is 237 g/mol. The number of aromatic nitrogens is 2. The van der Waals surface area contributed by atoms with Gasteiger partial charge < -0.3 is 5.73 Å². The summed E-state index contributed by atoms with van der Waals surface area (Å²) in [6.07, 6.45) is 3.15. The summed E-state index contributed by atoms with van der Waals surface area (Å²) in [6, 6.07) is 6.21. The van der Waals surface area contributed by atoms with Crippen molar-refractivity contribution in [2.45, 2.75) is 22.9 Å². The topological polar surface area (TPSA) is 51.8 Å². The predicted molar refractivity (Wildman–Crippen MR) is 65.2 cm³/mol. The molecule has 1 heterocycles. The molecule has 5 heteroatoms. The lowest BCUT2D eigenvalue weighted by molar-refractivity contribution is 0.619. The third kappa shape index (κ3) is 3.01. The standard InChI is InChI=1S/C12H12FN3S/c1-8(14)10-6-9(13)2-3-11(10)17-12-4-5-15-7-16-12/h2-8H,14H2,1H3/t8-/m1/s1. The second kappa shape index (κ2) is 5.25. The van der Waals surface area contributed by atoms with Gasteiger partial charge in [0.15, 0.2) is 0 Å². The smallest absolute Gasteiger partial charge is 0.123 e. The molecule has 2 aromatic rings. The van der Waals surface area contributed by atoms with E-state index in [0.29, 0.717) is 0 Å². The van der Waals surface area contributed by atoms with Gasteiger partial charge in [0.05, 0.1) is 0 Å². The van der Waals surface area contributed by atoms with E-state index in [1.165, 1.54) is 30.2 Å². The second-order valence-corrected chi connectivity index (χ2v) is 4.68. The van der Waals surface area contributed by atoms with Crippen LogP contribution in [-0.2, 0) is 0 Å². The Balaban J connectivity index is 2.33. The normalized spacial score (nSPS) is 12.4. The molecule has 0 bridgehead atoms. The summed E-state index contributed by atoms with van der Waals surface area (Å²) >= 11 is 1.45. The Labute approximate surface area is 103 Å². The van der Waals surface area contributed by atoms with Gasteiger partial charge in [-0.05, 0) is 36.8 Å². The Bertz CT molecular complexity index is 502. The van der Waals surface area contributed by atoms with Gasteiger partial charge in [-0.1, -0.05) is 11.8 Å². The maximum atomic E-state index is 13.2. The Kier molecular flexibility index (Phi) is 3.71. The number of benzene rings is 1. The van der Waals surface area contributed by atoms with Gasteiger partial charge in [-0.3, -0.25) is 0 Å². The fourth-order valence-corrected chi connectivity index (χ4v) is 2.37. The quantitative estimate of drug-likeness (QED) is 0.850. The minimum Gasteiger partial charge on any atom is -0.324 e. The van der Waals surface area contributed by atoms with Gasteiger partial charge >= 0.3 is 0 Å². The number of halogens is 1. The van der Waals surface area contributed by atoms with Gasteiger partial charge in [0.25, 0.3) is 0 Å². The molecule has 1 aromatic carbocycles. The molecule has 0 aliphatic heterocycles. The largest absolute Gasteiger partial charge is 0.324 e. The van der Waals surface area contributed by atoms with Crippen molar-refractivity contribution in [1.29, 1.82) is 0 Å². The molecule has 1 atom stereocenters. The highest BCUT2D eigenvalue weighted by Crippen LogP contribution is 2.31. The van der Waals surface area contributed by atoms with Crippen molar-refractivity contribution >= 4 is 11.8 Å². The molecule has 17 heavy (non-hydrogen) atoms. The van der Waals surface area contributed by atoms with Crippen LogP contribution in [0.1, 0.15) is 18.5 Å². The van der Waals surface area contributed by atoms with Crippen molar-refractivity contribution in [2.75, 3.05) is 0 Å². The van der Waals surface area contributed by atoms with Gasteiger partial charge in [0.1, 0.15) is 17.2 Å². The van der Waals surface area contributed by atoms with Crippen molar-refractivity contribution in [2.24, 2.45) is 5.73 Å². The van der Waals surface area contributed by atoms with Crippen molar-refractivity contribution < 1.29 is 4.39 Å². The van der Waals surface area contributed by atoms with Crippen LogP contribution in [0.4, 0.5) is 4.39 Å². The van der Waals surface area contributed by atoms with Crippen molar-refractivity contribution in [3.63, 3.8) is 0 Å². The summed E-state index contributed by atoms with van der Waals surface area (Å²) in [5.41, 5.74) is 6.61. The van der Waals surface area contributed by atoms with Crippen LogP contribution in [0.15, 0.2) is 46.7 Å². The number of nitrogens with two attached hydrogens (primary N) is 1. The number of hydrogen-bond acceptors (Lipinski definition) is 4. The van der Waals surface area contributed by atoms with Crippen LogP contribution in [0.5, 0.6) is 0 Å².